The molecule has 0 unspecified atom stereocenters. The van der Waals surface area contributed by atoms with Crippen molar-refractivity contribution in [2.24, 2.45) is 0 Å². The van der Waals surface area contributed by atoms with Crippen LogP contribution in [0.3, 0.4) is 0 Å². The third-order valence-corrected chi connectivity index (χ3v) is 5.09. The van der Waals surface area contributed by atoms with Crippen LogP contribution in [0.2, 0.25) is 0 Å². The number of nitrogens with zero attached hydrogens (tertiary/aromatic N) is 2. The number of carbonyl (C=O) groups is 2. The molecule has 0 radical (unpaired) electrons. The molecule has 1 amide bonds. The zero-order valence-corrected chi connectivity index (χ0v) is 16.2. The number of anilines is 1. The van der Waals surface area contributed by atoms with Gasteiger partial charge in [-0.25, -0.2) is 0 Å². The predicted molar refractivity (Wildman–Crippen MR) is 107 cm³/mol. The van der Waals surface area contributed by atoms with Crippen molar-refractivity contribution >= 4 is 28.3 Å². The van der Waals surface area contributed by atoms with Gasteiger partial charge in [-0.1, -0.05) is 25.1 Å². The molecule has 2 aromatic carbocycles. The maximum absolute atomic E-state index is 12.5. The van der Waals surface area contributed by atoms with Crippen LogP contribution < -0.4 is 9.64 Å². The molecule has 0 spiro atoms. The van der Waals surface area contributed by atoms with Gasteiger partial charge in [0.2, 0.25) is 0 Å². The minimum atomic E-state index is -0.511. The second-order valence-electron chi connectivity index (χ2n) is 6.95. The number of ketones is 1. The highest BCUT2D eigenvalue weighted by Gasteiger charge is 2.36. The van der Waals surface area contributed by atoms with E-state index < -0.39 is 11.7 Å². The Morgan fingerprint density at radius 1 is 1.14 bits per heavy atom. The van der Waals surface area contributed by atoms with E-state index in [2.05, 4.69) is 6.92 Å². The lowest BCUT2D eigenvalue weighted by Gasteiger charge is -2.24. The minimum Gasteiger partial charge on any atom is -0.497 e. The van der Waals surface area contributed by atoms with E-state index in [4.69, 9.17) is 9.15 Å². The summed E-state index contributed by atoms with van der Waals surface area (Å²) in [6.45, 7) is 2.97. The Balaban J connectivity index is 1.61. The lowest BCUT2D eigenvalue weighted by atomic mass is 10.1. The average Bonchev–Trinajstić information content (AvgIpc) is 3.18. The van der Waals surface area contributed by atoms with Crippen LogP contribution in [0.25, 0.3) is 11.0 Å². The molecule has 0 saturated heterocycles. The number of methoxy groups -OCH3 is 1. The zero-order valence-electron chi connectivity index (χ0n) is 16.2. The van der Waals surface area contributed by atoms with Crippen molar-refractivity contribution in [3.63, 3.8) is 0 Å². The number of fused-ring (bicyclic) bond motifs is 2. The van der Waals surface area contributed by atoms with E-state index in [1.54, 1.807) is 25.3 Å². The van der Waals surface area contributed by atoms with Crippen molar-refractivity contribution in [1.29, 1.82) is 0 Å². The first-order valence-electron chi connectivity index (χ1n) is 9.25. The first-order valence-corrected chi connectivity index (χ1v) is 9.25. The van der Waals surface area contributed by atoms with Gasteiger partial charge in [0.15, 0.2) is 0 Å². The first kappa shape index (κ1) is 18.3. The number of ether oxygens (including phenoxy) is 1. The van der Waals surface area contributed by atoms with E-state index in [0.29, 0.717) is 30.2 Å². The van der Waals surface area contributed by atoms with E-state index >= 15 is 0 Å². The van der Waals surface area contributed by atoms with Crippen LogP contribution >= 0.6 is 0 Å². The van der Waals surface area contributed by atoms with Crippen molar-refractivity contribution in [2.45, 2.75) is 19.9 Å². The predicted octanol–water partition coefficient (Wildman–Crippen LogP) is 3.62. The highest BCUT2D eigenvalue weighted by atomic mass is 16.5. The number of Topliss-reactive ketones (excluding diaryl/α,β-unsaturated/α-hetero) is 1. The Labute approximate surface area is 163 Å². The SMILES string of the molecule is CCc1oc2ccccc2c1CN(C)CN1C(=O)C(=O)c2ccc(OC)cc21. The summed E-state index contributed by atoms with van der Waals surface area (Å²) in [5, 5.41) is 1.08. The highest BCUT2D eigenvalue weighted by molar-refractivity contribution is 6.52. The molecule has 2 heterocycles. The maximum atomic E-state index is 12.5. The number of hydrogen-bond acceptors (Lipinski definition) is 5. The fraction of sp³-hybridized carbons (Fsp3) is 0.273. The molecular formula is C22H22N2O4. The van der Waals surface area contributed by atoms with E-state index in [-0.39, 0.29) is 0 Å². The first-order chi connectivity index (χ1) is 13.5. The lowest BCUT2D eigenvalue weighted by molar-refractivity contribution is -0.114. The summed E-state index contributed by atoms with van der Waals surface area (Å²) < 4.78 is 11.2. The van der Waals surface area contributed by atoms with E-state index in [1.165, 1.54) is 4.90 Å². The number of furan rings is 1. The Hall–Kier alpha value is -3.12. The van der Waals surface area contributed by atoms with Gasteiger partial charge in [0, 0.05) is 30.0 Å². The van der Waals surface area contributed by atoms with E-state index in [1.807, 2.05) is 36.2 Å². The van der Waals surface area contributed by atoms with Crippen LogP contribution in [0.15, 0.2) is 46.9 Å². The molecule has 1 aromatic heterocycles. The molecular weight excluding hydrogens is 356 g/mol. The summed E-state index contributed by atoms with van der Waals surface area (Å²) in [7, 11) is 3.49. The Kier molecular flexibility index (Phi) is 4.65. The summed E-state index contributed by atoms with van der Waals surface area (Å²) in [6.07, 6.45) is 0.791. The number of aryl methyl sites for hydroxylation is 1. The van der Waals surface area contributed by atoms with Crippen LogP contribution in [0.4, 0.5) is 5.69 Å². The summed E-state index contributed by atoms with van der Waals surface area (Å²) in [6, 6.07) is 13.0. The van der Waals surface area contributed by atoms with Gasteiger partial charge in [0.25, 0.3) is 5.78 Å². The normalized spacial score (nSPS) is 13.6. The third-order valence-electron chi connectivity index (χ3n) is 5.09. The molecule has 144 valence electrons. The van der Waals surface area contributed by atoms with Gasteiger partial charge in [0.1, 0.15) is 17.1 Å². The number of amides is 1. The van der Waals surface area contributed by atoms with Gasteiger partial charge < -0.3 is 9.15 Å². The minimum absolute atomic E-state index is 0.299. The molecule has 3 aromatic rings. The Bertz CT molecular complexity index is 1070. The third kappa shape index (κ3) is 2.96. The molecule has 0 fully saturated rings. The molecule has 6 nitrogen and oxygen atoms in total. The van der Waals surface area contributed by atoms with Crippen LogP contribution in [-0.2, 0) is 17.8 Å². The van der Waals surface area contributed by atoms with Crippen LogP contribution in [0, 0.1) is 0 Å². The summed E-state index contributed by atoms with van der Waals surface area (Å²) in [5.74, 6) is 0.568. The van der Waals surface area contributed by atoms with Gasteiger partial charge >= 0.3 is 5.91 Å². The number of para-hydroxylation sites is 1. The summed E-state index contributed by atoms with van der Waals surface area (Å²) >= 11 is 0. The fourth-order valence-electron chi connectivity index (χ4n) is 3.71. The van der Waals surface area contributed by atoms with Crippen molar-refractivity contribution in [1.82, 2.24) is 4.90 Å². The summed E-state index contributed by atoms with van der Waals surface area (Å²) in [5.41, 5.74) is 2.99. The highest BCUT2D eigenvalue weighted by Crippen LogP contribution is 2.33. The van der Waals surface area contributed by atoms with Gasteiger partial charge in [0.05, 0.1) is 25.0 Å². The van der Waals surface area contributed by atoms with Crippen molar-refractivity contribution in [3.8, 4) is 5.75 Å². The van der Waals surface area contributed by atoms with Gasteiger partial charge in [-0.2, -0.15) is 0 Å². The maximum Gasteiger partial charge on any atom is 0.300 e. The molecule has 0 N–H and O–H groups in total. The van der Waals surface area contributed by atoms with Crippen molar-refractivity contribution in [3.05, 3.63) is 59.4 Å². The van der Waals surface area contributed by atoms with Gasteiger partial charge in [-0.3, -0.25) is 19.4 Å². The summed E-state index contributed by atoms with van der Waals surface area (Å²) in [4.78, 5) is 28.4. The molecule has 0 saturated carbocycles. The standard InChI is InChI=1S/C22H22N2O4/c1-4-19-17(15-7-5-6-8-20(15)28-19)12-23(2)13-24-18-11-14(27-3)9-10-16(18)21(25)22(24)26/h5-11H,4,12-13H2,1-3H3. The molecule has 1 aliphatic rings. The lowest BCUT2D eigenvalue weighted by Crippen LogP contribution is -2.39. The van der Waals surface area contributed by atoms with Gasteiger partial charge in [-0.05, 0) is 25.2 Å². The zero-order chi connectivity index (χ0) is 19.8. The largest absolute Gasteiger partial charge is 0.497 e. The number of rotatable bonds is 6. The van der Waals surface area contributed by atoms with E-state index in [0.717, 1.165) is 28.7 Å². The average molecular weight is 378 g/mol. The molecule has 4 rings (SSSR count). The van der Waals surface area contributed by atoms with Crippen molar-refractivity contribution in [2.75, 3.05) is 25.7 Å². The van der Waals surface area contributed by atoms with Crippen LogP contribution in [0.1, 0.15) is 28.6 Å². The molecule has 28 heavy (non-hydrogen) atoms. The smallest absolute Gasteiger partial charge is 0.300 e. The van der Waals surface area contributed by atoms with Crippen molar-refractivity contribution < 1.29 is 18.7 Å². The number of hydrogen-bond donors (Lipinski definition) is 0. The number of benzene rings is 2. The van der Waals surface area contributed by atoms with Crippen LogP contribution in [0.5, 0.6) is 5.75 Å². The molecule has 0 aliphatic carbocycles. The molecule has 1 aliphatic heterocycles. The second-order valence-corrected chi connectivity index (χ2v) is 6.95. The van der Waals surface area contributed by atoms with E-state index in [9.17, 15) is 9.59 Å². The Morgan fingerprint density at radius 2 is 1.93 bits per heavy atom. The molecule has 0 atom stereocenters. The Morgan fingerprint density at radius 3 is 2.68 bits per heavy atom. The molecule has 0 bridgehead atoms. The fourth-order valence-corrected chi connectivity index (χ4v) is 3.71. The topological polar surface area (TPSA) is 63.0 Å². The second kappa shape index (κ2) is 7.13. The monoisotopic (exact) mass is 378 g/mol. The molecule has 6 heteroatoms. The van der Waals surface area contributed by atoms with Gasteiger partial charge in [-0.15, -0.1) is 0 Å². The van der Waals surface area contributed by atoms with Crippen LogP contribution in [-0.4, -0.2) is 37.4 Å². The quantitative estimate of drug-likeness (QED) is 0.613. The number of carbonyl (C=O) groups excluding carboxylic acids is 2.